The molecule has 1 heterocycles. The largest absolute Gasteiger partial charge is 0.477 e. The predicted molar refractivity (Wildman–Crippen MR) is 78.8 cm³/mol. The Morgan fingerprint density at radius 1 is 0.952 bits per heavy atom. The molecule has 5 nitrogen and oxygen atoms in total. The Balaban J connectivity index is 2.35. The first kappa shape index (κ1) is 12.9. The zero-order valence-electron chi connectivity index (χ0n) is 11.0. The minimum absolute atomic E-state index is 0.116. The highest BCUT2D eigenvalue weighted by atomic mass is 16.4. The predicted octanol–water partition coefficient (Wildman–Crippen LogP) is 2.53. The second-order valence-corrected chi connectivity index (χ2v) is 4.50. The van der Waals surface area contributed by atoms with Crippen LogP contribution in [0.2, 0.25) is 0 Å². The van der Waals surface area contributed by atoms with Crippen LogP contribution in [0.5, 0.6) is 0 Å². The van der Waals surface area contributed by atoms with Crippen LogP contribution in [0, 0.1) is 0 Å². The molecule has 0 aliphatic rings. The van der Waals surface area contributed by atoms with Crippen LogP contribution in [0.15, 0.2) is 65.5 Å². The summed E-state index contributed by atoms with van der Waals surface area (Å²) in [5.41, 5.74) is 1.04. The molecular weight excluding hydrogens is 268 g/mol. The van der Waals surface area contributed by atoms with Crippen LogP contribution in [-0.4, -0.2) is 20.6 Å². The highest BCUT2D eigenvalue weighted by Gasteiger charge is 2.21. The maximum absolute atomic E-state index is 12.2. The van der Waals surface area contributed by atoms with E-state index in [0.29, 0.717) is 16.9 Å². The van der Waals surface area contributed by atoms with E-state index in [1.165, 1.54) is 4.57 Å². The van der Waals surface area contributed by atoms with Crippen molar-refractivity contribution in [1.29, 1.82) is 0 Å². The van der Waals surface area contributed by atoms with E-state index in [1.807, 2.05) is 12.1 Å². The van der Waals surface area contributed by atoms with Gasteiger partial charge in [-0.3, -0.25) is 9.55 Å². The summed E-state index contributed by atoms with van der Waals surface area (Å²) in [7, 11) is 0. The smallest absolute Gasteiger partial charge is 0.354 e. The number of para-hydroxylation sites is 1. The third-order valence-electron chi connectivity index (χ3n) is 3.17. The van der Waals surface area contributed by atoms with Gasteiger partial charge in [0, 0.05) is 5.56 Å². The van der Waals surface area contributed by atoms with Gasteiger partial charge in [-0.1, -0.05) is 48.5 Å². The fourth-order valence-corrected chi connectivity index (χ4v) is 2.28. The maximum atomic E-state index is 12.2. The van der Waals surface area contributed by atoms with Crippen LogP contribution < -0.4 is 5.69 Å². The Bertz CT molecular complexity index is 833. The highest BCUT2D eigenvalue weighted by Crippen LogP contribution is 2.24. The standard InChI is InChI=1S/C16H12N2O3/c19-15(20)13-14(11-7-3-1-4-8-11)18(16(21)17-13)12-9-5-2-6-10-12/h1-10H,(H,17,21)(H,19,20). The summed E-state index contributed by atoms with van der Waals surface area (Å²) in [6.45, 7) is 0. The first-order chi connectivity index (χ1) is 10.2. The number of benzene rings is 2. The lowest BCUT2D eigenvalue weighted by Crippen LogP contribution is -2.15. The first-order valence-corrected chi connectivity index (χ1v) is 6.37. The van der Waals surface area contributed by atoms with E-state index < -0.39 is 11.7 Å². The molecule has 104 valence electrons. The number of aromatic amines is 1. The van der Waals surface area contributed by atoms with Crippen molar-refractivity contribution >= 4 is 5.97 Å². The van der Waals surface area contributed by atoms with Gasteiger partial charge >= 0.3 is 11.7 Å². The van der Waals surface area contributed by atoms with Crippen LogP contribution in [0.3, 0.4) is 0 Å². The van der Waals surface area contributed by atoms with Crippen molar-refractivity contribution < 1.29 is 9.90 Å². The fourth-order valence-electron chi connectivity index (χ4n) is 2.28. The molecule has 5 heteroatoms. The van der Waals surface area contributed by atoms with Crippen molar-refractivity contribution in [3.8, 4) is 16.9 Å². The van der Waals surface area contributed by atoms with Crippen LogP contribution >= 0.6 is 0 Å². The number of hydrogen-bond acceptors (Lipinski definition) is 2. The molecular formula is C16H12N2O3. The topological polar surface area (TPSA) is 75.1 Å². The molecule has 0 aliphatic heterocycles. The highest BCUT2D eigenvalue weighted by molar-refractivity contribution is 5.93. The monoisotopic (exact) mass is 280 g/mol. The van der Waals surface area contributed by atoms with E-state index in [4.69, 9.17) is 0 Å². The second-order valence-electron chi connectivity index (χ2n) is 4.50. The molecule has 0 amide bonds. The number of imidazole rings is 1. The molecule has 0 atom stereocenters. The van der Waals surface area contributed by atoms with Gasteiger partial charge in [0.1, 0.15) is 0 Å². The number of nitrogens with one attached hydrogen (secondary N) is 1. The number of hydrogen-bond donors (Lipinski definition) is 2. The lowest BCUT2D eigenvalue weighted by atomic mass is 10.1. The molecule has 1 aromatic heterocycles. The summed E-state index contributed by atoms with van der Waals surface area (Å²) in [6.07, 6.45) is 0. The Morgan fingerprint density at radius 3 is 2.10 bits per heavy atom. The van der Waals surface area contributed by atoms with Crippen molar-refractivity contribution in [1.82, 2.24) is 9.55 Å². The van der Waals surface area contributed by atoms with Gasteiger partial charge in [-0.2, -0.15) is 0 Å². The average molecular weight is 280 g/mol. The van der Waals surface area contributed by atoms with Crippen molar-refractivity contribution in [3.63, 3.8) is 0 Å². The number of carboxylic acid groups (broad SMARTS) is 1. The summed E-state index contributed by atoms with van der Waals surface area (Å²) in [4.78, 5) is 26.0. The molecule has 2 N–H and O–H groups in total. The SMILES string of the molecule is O=C(O)c1[nH]c(=O)n(-c2ccccc2)c1-c1ccccc1. The second kappa shape index (κ2) is 5.13. The van der Waals surface area contributed by atoms with E-state index in [2.05, 4.69) is 4.98 Å². The quantitative estimate of drug-likeness (QED) is 0.774. The molecule has 3 rings (SSSR count). The van der Waals surface area contributed by atoms with Gasteiger partial charge in [-0.25, -0.2) is 9.59 Å². The van der Waals surface area contributed by atoms with Crippen LogP contribution in [0.1, 0.15) is 10.5 Å². The molecule has 0 spiro atoms. The van der Waals surface area contributed by atoms with Crippen LogP contribution in [0.4, 0.5) is 0 Å². The van der Waals surface area contributed by atoms with Gasteiger partial charge in [0.15, 0.2) is 5.69 Å². The Kier molecular flexibility index (Phi) is 3.16. The van der Waals surface area contributed by atoms with Crippen LogP contribution in [-0.2, 0) is 0 Å². The van der Waals surface area contributed by atoms with Gasteiger partial charge in [-0.05, 0) is 12.1 Å². The minimum atomic E-state index is -1.17. The molecule has 0 unspecified atom stereocenters. The van der Waals surface area contributed by atoms with Gasteiger partial charge in [0.05, 0.1) is 11.4 Å². The summed E-state index contributed by atoms with van der Waals surface area (Å²) in [6, 6.07) is 17.9. The molecule has 0 saturated heterocycles. The molecule has 21 heavy (non-hydrogen) atoms. The van der Waals surface area contributed by atoms with Gasteiger partial charge in [0.2, 0.25) is 0 Å². The van der Waals surface area contributed by atoms with Crippen molar-refractivity contribution in [3.05, 3.63) is 76.8 Å². The Labute approximate surface area is 120 Å². The Hall–Kier alpha value is -3.08. The maximum Gasteiger partial charge on any atom is 0.354 e. The van der Waals surface area contributed by atoms with E-state index in [9.17, 15) is 14.7 Å². The van der Waals surface area contributed by atoms with E-state index in [0.717, 1.165) is 0 Å². The summed E-state index contributed by atoms with van der Waals surface area (Å²) in [5, 5.41) is 9.33. The Morgan fingerprint density at radius 2 is 1.52 bits per heavy atom. The zero-order valence-corrected chi connectivity index (χ0v) is 11.0. The number of carbonyl (C=O) groups is 1. The molecule has 0 radical (unpaired) electrons. The lowest BCUT2D eigenvalue weighted by molar-refractivity contribution is 0.0692. The van der Waals surface area contributed by atoms with Gasteiger partial charge in [-0.15, -0.1) is 0 Å². The molecule has 0 bridgehead atoms. The zero-order chi connectivity index (χ0) is 14.8. The van der Waals surface area contributed by atoms with E-state index in [-0.39, 0.29) is 5.69 Å². The number of aromatic nitrogens is 2. The number of carboxylic acids is 1. The summed E-state index contributed by atoms with van der Waals surface area (Å²) < 4.78 is 1.37. The molecule has 0 fully saturated rings. The normalized spacial score (nSPS) is 10.5. The number of aromatic carboxylic acids is 1. The molecule has 0 saturated carbocycles. The third-order valence-corrected chi connectivity index (χ3v) is 3.17. The van der Waals surface area contributed by atoms with Gasteiger partial charge < -0.3 is 5.11 Å². The molecule has 0 aliphatic carbocycles. The van der Waals surface area contributed by atoms with E-state index >= 15 is 0 Å². The van der Waals surface area contributed by atoms with Crippen molar-refractivity contribution in [2.45, 2.75) is 0 Å². The first-order valence-electron chi connectivity index (χ1n) is 6.37. The van der Waals surface area contributed by atoms with Gasteiger partial charge in [0.25, 0.3) is 0 Å². The third kappa shape index (κ3) is 2.25. The molecule has 2 aromatic carbocycles. The summed E-state index contributed by atoms with van der Waals surface area (Å²) in [5.74, 6) is -1.17. The van der Waals surface area contributed by atoms with E-state index in [1.54, 1.807) is 48.5 Å². The van der Waals surface area contributed by atoms with Crippen molar-refractivity contribution in [2.75, 3.05) is 0 Å². The number of rotatable bonds is 3. The fraction of sp³-hybridized carbons (Fsp3) is 0. The average Bonchev–Trinajstić information content (AvgIpc) is 2.87. The number of H-pyrrole nitrogens is 1. The summed E-state index contributed by atoms with van der Waals surface area (Å²) >= 11 is 0. The minimum Gasteiger partial charge on any atom is -0.477 e. The lowest BCUT2D eigenvalue weighted by Gasteiger charge is -2.08. The van der Waals surface area contributed by atoms with Crippen molar-refractivity contribution in [2.24, 2.45) is 0 Å². The molecule has 3 aromatic rings. The van der Waals surface area contributed by atoms with Crippen LogP contribution in [0.25, 0.3) is 16.9 Å². The number of nitrogens with zero attached hydrogens (tertiary/aromatic N) is 1.